The van der Waals surface area contributed by atoms with Crippen LogP contribution in [-0.4, -0.2) is 138 Å². The molecule has 30 heteroatoms. The van der Waals surface area contributed by atoms with Crippen LogP contribution in [0.1, 0.15) is 174 Å². The van der Waals surface area contributed by atoms with Crippen LogP contribution in [-0.2, 0) is 86.0 Å². The number of nitrogens with zero attached hydrogens (tertiary/aromatic N) is 2. The van der Waals surface area contributed by atoms with Crippen molar-refractivity contribution in [3.63, 3.8) is 0 Å². The van der Waals surface area contributed by atoms with Crippen LogP contribution in [0.3, 0.4) is 0 Å². The lowest BCUT2D eigenvalue weighted by Gasteiger charge is -2.18. The number of rotatable bonds is 42. The monoisotopic (exact) mass is 1960 g/mol. The summed E-state index contributed by atoms with van der Waals surface area (Å²) in [6.45, 7) is 7.24. The van der Waals surface area contributed by atoms with E-state index in [1.54, 1.807) is 109 Å². The topological polar surface area (TPSA) is 320 Å². The van der Waals surface area contributed by atoms with Crippen molar-refractivity contribution in [2.75, 3.05) is 66.1 Å². The minimum atomic E-state index is -1.02. The second-order valence-electron chi connectivity index (χ2n) is 34.6. The lowest BCUT2D eigenvalue weighted by molar-refractivity contribution is -0.139. The van der Waals surface area contributed by atoms with E-state index in [0.717, 1.165) is 205 Å². The van der Waals surface area contributed by atoms with Crippen LogP contribution in [0.4, 0.5) is 8.78 Å². The molecule has 4 fully saturated rings. The van der Waals surface area contributed by atoms with Crippen molar-refractivity contribution in [2.45, 2.75) is 161 Å². The Morgan fingerprint density at radius 2 is 0.686 bits per heavy atom. The SMILES string of the molecule is CCCc1ccc(C(=O)OCCc2ccc(OC(=O)c3ccc(OC(=O)c4ccc5cc(OCCCOCC6CCC7OC7C6)ccc5c4)c(F)c3)c3c2S/C(=C(/C#N)C(=O)OCCc2ccc(CCOC(=O)/C(C#N)=C4\Sc5c(CCOC(=O)c6ccc(CCC)cc6)ccc(OC(=O)c6ccc(OC(=O)c7ccc8cc(OCCCOCC9CCC%10OC%10C9)ccc8c7)c(F)c6)c5S4)cc2)S3)cc1. The minimum absolute atomic E-state index is 0.00653. The number of aryl methyl sites for hydroxylation is 2. The second kappa shape index (κ2) is 46.8. The van der Waals surface area contributed by atoms with E-state index in [0.29, 0.717) is 116 Å². The van der Waals surface area contributed by atoms with Gasteiger partial charge in [-0.05, 0) is 239 Å². The van der Waals surface area contributed by atoms with Crippen LogP contribution in [0, 0.1) is 46.1 Å². The molecule has 17 rings (SSSR count). The summed E-state index contributed by atoms with van der Waals surface area (Å²) >= 11 is 4.09. The molecule has 0 amide bonds. The van der Waals surface area contributed by atoms with E-state index in [-0.39, 0.29) is 105 Å². The van der Waals surface area contributed by atoms with Gasteiger partial charge in [0.15, 0.2) is 34.3 Å². The molecule has 4 aliphatic heterocycles. The van der Waals surface area contributed by atoms with Crippen LogP contribution in [0.25, 0.3) is 21.5 Å². The van der Waals surface area contributed by atoms with Gasteiger partial charge in [-0.3, -0.25) is 0 Å². The molecule has 0 spiro atoms. The zero-order valence-electron chi connectivity index (χ0n) is 76.7. The Hall–Kier alpha value is -13.1. The van der Waals surface area contributed by atoms with Gasteiger partial charge in [0.05, 0.1) is 116 Å². The van der Waals surface area contributed by atoms with E-state index in [1.165, 1.54) is 24.3 Å². The molecule has 2 saturated heterocycles. The number of carbonyl (C=O) groups excluding carboxylic acids is 8. The van der Waals surface area contributed by atoms with Crippen molar-refractivity contribution in [1.82, 2.24) is 0 Å². The first-order chi connectivity index (χ1) is 68.2. The molecule has 2 saturated carbocycles. The molecule has 718 valence electrons. The zero-order valence-corrected chi connectivity index (χ0v) is 80.0. The summed E-state index contributed by atoms with van der Waals surface area (Å²) in [5, 5.41) is 24.3. The smallest absolute Gasteiger partial charge is 0.350 e. The molecule has 2 aliphatic carbocycles. The second-order valence-corrected chi connectivity index (χ2v) is 39.2. The maximum atomic E-state index is 16.0. The number of esters is 8. The van der Waals surface area contributed by atoms with Crippen LogP contribution >= 0.6 is 47.0 Å². The summed E-state index contributed by atoms with van der Waals surface area (Å²) in [5.41, 5.74) is 4.79. The van der Waals surface area contributed by atoms with Crippen LogP contribution < -0.4 is 28.4 Å². The average molecular weight is 1970 g/mol. The number of halogens is 2. The highest BCUT2D eigenvalue weighted by molar-refractivity contribution is 8.25. The largest absolute Gasteiger partial charge is 0.493 e. The van der Waals surface area contributed by atoms with Crippen molar-refractivity contribution < 1.29 is 113 Å². The highest BCUT2D eigenvalue weighted by Crippen LogP contribution is 2.59. The predicted molar refractivity (Wildman–Crippen MR) is 521 cm³/mol. The summed E-state index contributed by atoms with van der Waals surface area (Å²) in [5.74, 6) is -7.12. The van der Waals surface area contributed by atoms with Gasteiger partial charge in [0.1, 0.15) is 35.1 Å². The molecule has 0 aromatic heterocycles. The molecule has 6 atom stereocenters. The van der Waals surface area contributed by atoms with Gasteiger partial charge in [-0.15, -0.1) is 0 Å². The summed E-state index contributed by atoms with van der Waals surface area (Å²) in [4.78, 5) is 111. The van der Waals surface area contributed by atoms with Gasteiger partial charge in [-0.2, -0.15) is 10.5 Å². The maximum Gasteiger partial charge on any atom is 0.350 e. The average Bonchev–Trinajstić information content (AvgIpc) is 1.62. The summed E-state index contributed by atoms with van der Waals surface area (Å²) in [7, 11) is 0. The summed E-state index contributed by atoms with van der Waals surface area (Å²) < 4.78 is 113. The van der Waals surface area contributed by atoms with E-state index < -0.39 is 70.9 Å². The third-order valence-electron chi connectivity index (χ3n) is 24.6. The number of fused-ring (bicyclic) bond motifs is 6. The molecule has 4 heterocycles. The number of epoxide rings is 2. The van der Waals surface area contributed by atoms with Gasteiger partial charge in [-0.25, -0.2) is 47.1 Å². The number of carbonyl (C=O) groups is 8. The zero-order chi connectivity index (χ0) is 97.1. The predicted octanol–water partition coefficient (Wildman–Crippen LogP) is 22.0. The van der Waals surface area contributed by atoms with E-state index in [2.05, 4.69) is 13.8 Å². The first-order valence-electron chi connectivity index (χ1n) is 46.8. The van der Waals surface area contributed by atoms with Gasteiger partial charge < -0.3 is 66.3 Å². The van der Waals surface area contributed by atoms with Crippen LogP contribution in [0.2, 0.25) is 0 Å². The maximum absolute atomic E-state index is 16.0. The van der Waals surface area contributed by atoms with Crippen molar-refractivity contribution in [3.05, 3.63) is 304 Å². The number of benzene rings is 11. The van der Waals surface area contributed by atoms with Crippen LogP contribution in [0.15, 0.2) is 245 Å². The van der Waals surface area contributed by atoms with Crippen LogP contribution in [0.5, 0.6) is 34.5 Å². The van der Waals surface area contributed by atoms with E-state index >= 15 is 8.78 Å². The first kappa shape index (κ1) is 98.5. The number of thioether (sulfide) groups is 4. The van der Waals surface area contributed by atoms with Crippen molar-refractivity contribution in [2.24, 2.45) is 11.8 Å². The number of ether oxygens (including phenoxy) is 14. The first-order valence-corrected chi connectivity index (χ1v) is 50.0. The van der Waals surface area contributed by atoms with Gasteiger partial charge >= 0.3 is 47.8 Å². The Balaban J connectivity index is 0.497. The standard InChI is InChI=1S/C110H98F2N2O22S4/c1-3-7-65-13-19-73(20-14-65)101(115)127-51-43-71-29-39-93(135-105(119)81-31-37-89(87(111)59-81)133-103(117)79-25-23-77-57-83(33-27-75(77)55-79)125-47-5-45-123-63-69-17-35-91-95(53-69)131-91)99-97(71)137-109(139-99)85(61-113)107(121)129-49-41-67-9-11-68(12-10-67)42-50-130-108(122)86(62-114)110-138-98-72(44-52-128-102(116)74-21-15-66(8-4-2)16-22-74)30-40-94(100(98)140-110)136-106(120)82-32-38-90(88(112)60-82)134-104(118)80-26-24-78-58-84(34-28-76(78)56-80)126-48-6-46-124-64-70-18-36-92-96(54-70)132-92/h9-16,19-34,37-40,55-60,69-70,91-92,95-96H,3-8,17-18,35-36,41-54,63-64H2,1-2H3/b109-85+,110-86+. The number of hydrogen-bond acceptors (Lipinski definition) is 28. The Morgan fingerprint density at radius 1 is 0.343 bits per heavy atom. The van der Waals surface area contributed by atoms with E-state index in [4.69, 9.17) is 66.3 Å². The summed E-state index contributed by atoms with van der Waals surface area (Å²) in [6, 6.07) is 59.2. The molecule has 0 bridgehead atoms. The van der Waals surface area contributed by atoms with Gasteiger partial charge in [0.2, 0.25) is 0 Å². The van der Waals surface area contributed by atoms with Crippen molar-refractivity contribution in [1.29, 1.82) is 10.5 Å². The quantitative estimate of drug-likeness (QED) is 0.00652. The summed E-state index contributed by atoms with van der Waals surface area (Å²) in [6.07, 6.45) is 14.2. The highest BCUT2D eigenvalue weighted by Gasteiger charge is 2.45. The molecule has 24 nitrogen and oxygen atoms in total. The third-order valence-corrected chi connectivity index (χ3v) is 30.0. The van der Waals surface area contributed by atoms with Crippen molar-refractivity contribution in [3.8, 4) is 46.6 Å². The normalized spacial score (nSPS) is 17.5. The Labute approximate surface area is 824 Å². The lowest BCUT2D eigenvalue weighted by Crippen LogP contribution is -2.19. The molecule has 6 unspecified atom stereocenters. The molecular formula is C110H98F2N2O22S4. The minimum Gasteiger partial charge on any atom is -0.493 e. The van der Waals surface area contributed by atoms with Gasteiger partial charge in [0, 0.05) is 74.7 Å². The molecule has 140 heavy (non-hydrogen) atoms. The van der Waals surface area contributed by atoms with E-state index in [9.17, 15) is 48.9 Å². The molecule has 11 aromatic rings. The van der Waals surface area contributed by atoms with Gasteiger partial charge in [-0.1, -0.05) is 159 Å². The molecule has 0 radical (unpaired) electrons. The third kappa shape index (κ3) is 25.4. The Bertz CT molecular complexity index is 6300. The Morgan fingerprint density at radius 3 is 1.08 bits per heavy atom. The lowest BCUT2D eigenvalue weighted by atomic mass is 9.90. The van der Waals surface area contributed by atoms with E-state index in [1.807, 2.05) is 60.7 Å². The molecule has 6 aliphatic rings. The number of hydrogen-bond donors (Lipinski definition) is 0. The molecular weight excluding hydrogens is 1870 g/mol. The van der Waals surface area contributed by atoms with Gasteiger partial charge in [0.25, 0.3) is 0 Å². The molecule has 0 N–H and O–H groups in total. The fourth-order valence-electron chi connectivity index (χ4n) is 16.9. The fourth-order valence-corrected chi connectivity index (χ4v) is 22.3. The fraction of sp³-hybridized carbons (Fsp3) is 0.309. The molecule has 11 aromatic carbocycles. The highest BCUT2D eigenvalue weighted by atomic mass is 32.2. The van der Waals surface area contributed by atoms with Crippen molar-refractivity contribution >= 4 is 116 Å². The Kier molecular flexibility index (Phi) is 32.9. The number of nitriles is 2.